The number of aryl methyl sites for hydroxylation is 2. The van der Waals surface area contributed by atoms with Crippen LogP contribution in [0.25, 0.3) is 0 Å². The van der Waals surface area contributed by atoms with Gasteiger partial charge in [0, 0.05) is 19.8 Å². The maximum atomic E-state index is 12.5. The SMILES string of the molecule is Cc1cn[nH]c1[C@H]1CCCN1C(=O)c1cnn(C)c1. The lowest BCUT2D eigenvalue weighted by atomic mass is 10.1. The number of rotatable bonds is 2. The molecular weight excluding hydrogens is 242 g/mol. The molecule has 6 nitrogen and oxygen atoms in total. The van der Waals surface area contributed by atoms with Crippen molar-refractivity contribution in [2.75, 3.05) is 6.54 Å². The van der Waals surface area contributed by atoms with Gasteiger partial charge in [-0.1, -0.05) is 0 Å². The van der Waals surface area contributed by atoms with E-state index < -0.39 is 0 Å². The molecule has 1 amide bonds. The standard InChI is InChI=1S/C13H17N5O/c1-9-6-14-16-12(9)11-4-3-5-18(11)13(19)10-7-15-17(2)8-10/h6-8,11H,3-5H2,1-2H3,(H,14,16)/t11-/m1/s1. The van der Waals surface area contributed by atoms with Gasteiger partial charge in [0.15, 0.2) is 0 Å². The summed E-state index contributed by atoms with van der Waals surface area (Å²) < 4.78 is 1.65. The highest BCUT2D eigenvalue weighted by Crippen LogP contribution is 2.33. The fourth-order valence-electron chi connectivity index (χ4n) is 2.70. The normalized spacial score (nSPS) is 19.1. The zero-order valence-corrected chi connectivity index (χ0v) is 11.1. The number of nitrogens with one attached hydrogen (secondary N) is 1. The van der Waals surface area contributed by atoms with Crippen molar-refractivity contribution in [1.29, 1.82) is 0 Å². The molecular formula is C13H17N5O. The molecule has 2 aromatic rings. The fourth-order valence-corrected chi connectivity index (χ4v) is 2.70. The van der Waals surface area contributed by atoms with Gasteiger partial charge in [-0.15, -0.1) is 0 Å². The molecule has 3 rings (SSSR count). The van der Waals surface area contributed by atoms with Crippen LogP contribution in [-0.2, 0) is 7.05 Å². The van der Waals surface area contributed by atoms with Crippen LogP contribution in [0, 0.1) is 6.92 Å². The molecule has 100 valence electrons. The predicted octanol–water partition coefficient (Wildman–Crippen LogP) is 1.43. The minimum Gasteiger partial charge on any atom is -0.330 e. The van der Waals surface area contributed by atoms with E-state index in [0.29, 0.717) is 5.56 Å². The minimum absolute atomic E-state index is 0.0459. The Morgan fingerprint density at radius 2 is 2.32 bits per heavy atom. The van der Waals surface area contributed by atoms with Crippen LogP contribution in [0.3, 0.4) is 0 Å². The van der Waals surface area contributed by atoms with Crippen molar-refractivity contribution >= 4 is 5.91 Å². The molecule has 1 aliphatic rings. The summed E-state index contributed by atoms with van der Waals surface area (Å²) in [6, 6.07) is 0.107. The molecule has 0 radical (unpaired) electrons. The van der Waals surface area contributed by atoms with Crippen molar-refractivity contribution in [3.8, 4) is 0 Å². The van der Waals surface area contributed by atoms with Crippen molar-refractivity contribution < 1.29 is 4.79 Å². The number of aromatic amines is 1. The van der Waals surface area contributed by atoms with Crippen LogP contribution in [0.5, 0.6) is 0 Å². The lowest BCUT2D eigenvalue weighted by molar-refractivity contribution is 0.0732. The van der Waals surface area contributed by atoms with Crippen LogP contribution in [0.1, 0.15) is 40.5 Å². The van der Waals surface area contributed by atoms with Gasteiger partial charge in [-0.25, -0.2) is 0 Å². The Morgan fingerprint density at radius 1 is 1.47 bits per heavy atom. The Morgan fingerprint density at radius 3 is 2.95 bits per heavy atom. The summed E-state index contributed by atoms with van der Waals surface area (Å²) in [5.74, 6) is 0.0459. The quantitative estimate of drug-likeness (QED) is 0.887. The lowest BCUT2D eigenvalue weighted by Gasteiger charge is -2.23. The Kier molecular flexibility index (Phi) is 2.85. The predicted molar refractivity (Wildman–Crippen MR) is 69.5 cm³/mol. The highest BCUT2D eigenvalue weighted by atomic mass is 16.2. The van der Waals surface area contributed by atoms with Gasteiger partial charge < -0.3 is 4.90 Å². The van der Waals surface area contributed by atoms with E-state index in [1.165, 1.54) is 0 Å². The Balaban J connectivity index is 1.88. The molecule has 1 N–H and O–H groups in total. The van der Waals surface area contributed by atoms with E-state index in [-0.39, 0.29) is 11.9 Å². The number of nitrogens with zero attached hydrogens (tertiary/aromatic N) is 4. The van der Waals surface area contributed by atoms with Crippen molar-refractivity contribution in [2.45, 2.75) is 25.8 Å². The lowest BCUT2D eigenvalue weighted by Crippen LogP contribution is -2.30. The Labute approximate surface area is 111 Å². The number of amides is 1. The zero-order chi connectivity index (χ0) is 13.4. The summed E-state index contributed by atoms with van der Waals surface area (Å²) >= 11 is 0. The average molecular weight is 259 g/mol. The van der Waals surface area contributed by atoms with Gasteiger partial charge >= 0.3 is 0 Å². The molecule has 1 fully saturated rings. The molecule has 3 heterocycles. The molecule has 0 bridgehead atoms. The average Bonchev–Trinajstić information content (AvgIpc) is 3.07. The van der Waals surface area contributed by atoms with E-state index in [2.05, 4.69) is 15.3 Å². The first-order chi connectivity index (χ1) is 9.16. The number of carbonyl (C=O) groups is 1. The molecule has 1 atom stereocenters. The largest absolute Gasteiger partial charge is 0.330 e. The maximum Gasteiger partial charge on any atom is 0.257 e. The Bertz CT molecular complexity index is 600. The maximum absolute atomic E-state index is 12.5. The highest BCUT2D eigenvalue weighted by molar-refractivity contribution is 5.94. The summed E-state index contributed by atoms with van der Waals surface area (Å²) in [7, 11) is 1.82. The first-order valence-electron chi connectivity index (χ1n) is 6.46. The molecule has 0 unspecified atom stereocenters. The minimum atomic E-state index is 0.0459. The topological polar surface area (TPSA) is 66.8 Å². The van der Waals surface area contributed by atoms with Crippen molar-refractivity contribution in [3.63, 3.8) is 0 Å². The van der Waals surface area contributed by atoms with Crippen LogP contribution in [0.4, 0.5) is 0 Å². The summed E-state index contributed by atoms with van der Waals surface area (Å²) in [5, 5.41) is 11.1. The van der Waals surface area contributed by atoms with Crippen molar-refractivity contribution in [1.82, 2.24) is 24.9 Å². The number of hydrogen-bond donors (Lipinski definition) is 1. The molecule has 0 aliphatic carbocycles. The van der Waals surface area contributed by atoms with Crippen molar-refractivity contribution in [2.24, 2.45) is 7.05 Å². The van der Waals surface area contributed by atoms with Gasteiger partial charge in [-0.05, 0) is 25.3 Å². The van der Waals surface area contributed by atoms with Crippen molar-refractivity contribution in [3.05, 3.63) is 35.4 Å². The molecule has 1 aliphatic heterocycles. The molecule has 0 aromatic carbocycles. The van der Waals surface area contributed by atoms with Crippen LogP contribution < -0.4 is 0 Å². The zero-order valence-electron chi connectivity index (χ0n) is 11.1. The number of aromatic nitrogens is 4. The van der Waals surface area contributed by atoms with Gasteiger partial charge in [0.05, 0.1) is 29.7 Å². The first-order valence-corrected chi connectivity index (χ1v) is 6.46. The van der Waals surface area contributed by atoms with Gasteiger partial charge in [-0.3, -0.25) is 14.6 Å². The van der Waals surface area contributed by atoms with E-state index in [0.717, 1.165) is 30.6 Å². The monoisotopic (exact) mass is 259 g/mol. The van der Waals surface area contributed by atoms with E-state index in [1.807, 2.05) is 18.9 Å². The molecule has 0 saturated carbocycles. The molecule has 2 aromatic heterocycles. The Hall–Kier alpha value is -2.11. The van der Waals surface area contributed by atoms with E-state index in [4.69, 9.17) is 0 Å². The smallest absolute Gasteiger partial charge is 0.257 e. The molecule has 0 spiro atoms. The second kappa shape index (κ2) is 4.53. The fraction of sp³-hybridized carbons (Fsp3) is 0.462. The van der Waals surface area contributed by atoms with Gasteiger partial charge in [0.2, 0.25) is 0 Å². The van der Waals surface area contributed by atoms with Crippen LogP contribution >= 0.6 is 0 Å². The second-order valence-electron chi connectivity index (χ2n) is 5.03. The van der Waals surface area contributed by atoms with E-state index in [9.17, 15) is 4.79 Å². The van der Waals surface area contributed by atoms with Crippen LogP contribution in [-0.4, -0.2) is 37.3 Å². The van der Waals surface area contributed by atoms with E-state index >= 15 is 0 Å². The summed E-state index contributed by atoms with van der Waals surface area (Å²) in [4.78, 5) is 14.4. The summed E-state index contributed by atoms with van der Waals surface area (Å²) in [6.45, 7) is 2.81. The van der Waals surface area contributed by atoms with Gasteiger partial charge in [-0.2, -0.15) is 10.2 Å². The van der Waals surface area contributed by atoms with Gasteiger partial charge in [0.25, 0.3) is 5.91 Å². The molecule has 19 heavy (non-hydrogen) atoms. The number of H-pyrrole nitrogens is 1. The van der Waals surface area contributed by atoms with E-state index in [1.54, 1.807) is 23.3 Å². The van der Waals surface area contributed by atoms with Gasteiger partial charge in [0.1, 0.15) is 0 Å². The highest BCUT2D eigenvalue weighted by Gasteiger charge is 2.32. The van der Waals surface area contributed by atoms with Crippen LogP contribution in [0.15, 0.2) is 18.6 Å². The summed E-state index contributed by atoms with van der Waals surface area (Å²) in [6.07, 6.45) is 7.19. The second-order valence-corrected chi connectivity index (χ2v) is 5.03. The number of carbonyl (C=O) groups excluding carboxylic acids is 1. The van der Waals surface area contributed by atoms with Crippen LogP contribution in [0.2, 0.25) is 0 Å². The third-order valence-electron chi connectivity index (χ3n) is 3.67. The number of hydrogen-bond acceptors (Lipinski definition) is 3. The molecule has 1 saturated heterocycles. The third-order valence-corrected chi connectivity index (χ3v) is 3.67. The molecule has 6 heteroatoms. The first kappa shape index (κ1) is 12.0. The number of likely N-dealkylation sites (tertiary alicyclic amines) is 1. The summed E-state index contributed by atoms with van der Waals surface area (Å²) in [5.41, 5.74) is 2.80. The third kappa shape index (κ3) is 2.03.